The number of hydrogen-bond donors (Lipinski definition) is 1. The zero-order valence-corrected chi connectivity index (χ0v) is 12.7. The molecule has 0 aliphatic rings. The Bertz CT molecular complexity index is 625. The Morgan fingerprint density at radius 2 is 2.14 bits per heavy atom. The van der Waals surface area contributed by atoms with Crippen molar-refractivity contribution in [3.05, 3.63) is 59.3 Å². The van der Waals surface area contributed by atoms with Crippen LogP contribution in [0.2, 0.25) is 0 Å². The minimum absolute atomic E-state index is 0.0818. The van der Waals surface area contributed by atoms with Crippen LogP contribution in [-0.2, 0) is 13.0 Å². The van der Waals surface area contributed by atoms with Gasteiger partial charge < -0.3 is 15.1 Å². The van der Waals surface area contributed by atoms with Gasteiger partial charge in [0.2, 0.25) is 0 Å². The van der Waals surface area contributed by atoms with Gasteiger partial charge in [-0.15, -0.1) is 0 Å². The van der Waals surface area contributed by atoms with Crippen LogP contribution in [0.5, 0.6) is 0 Å². The molecule has 0 fully saturated rings. The van der Waals surface area contributed by atoms with Gasteiger partial charge in [-0.2, -0.15) is 0 Å². The van der Waals surface area contributed by atoms with Crippen LogP contribution >= 0.6 is 0 Å². The number of halogens is 1. The van der Waals surface area contributed by atoms with Crippen LogP contribution in [0.4, 0.5) is 4.39 Å². The maximum atomic E-state index is 13.2. The molecule has 1 heterocycles. The lowest BCUT2D eigenvalue weighted by Crippen LogP contribution is -2.33. The molecule has 0 aliphatic carbocycles. The maximum absolute atomic E-state index is 13.2. The summed E-state index contributed by atoms with van der Waals surface area (Å²) in [6.07, 6.45) is 2.91. The van der Waals surface area contributed by atoms with Gasteiger partial charge in [0, 0.05) is 13.1 Å². The first kappa shape index (κ1) is 16.2. The van der Waals surface area contributed by atoms with E-state index in [0.717, 1.165) is 12.0 Å². The van der Waals surface area contributed by atoms with E-state index in [1.54, 1.807) is 17.0 Å². The van der Waals surface area contributed by atoms with Crippen molar-refractivity contribution >= 4 is 5.91 Å². The summed E-state index contributed by atoms with van der Waals surface area (Å²) in [4.78, 5) is 14.3. The molecular formula is C17H21FN2O2. The summed E-state index contributed by atoms with van der Waals surface area (Å²) in [5.41, 5.74) is 6.88. The maximum Gasteiger partial charge on any atom is 0.257 e. The minimum atomic E-state index is -0.256. The Labute approximate surface area is 129 Å². The number of nitrogens with two attached hydrogens (primary N) is 1. The zero-order valence-electron chi connectivity index (χ0n) is 12.7. The summed E-state index contributed by atoms with van der Waals surface area (Å²) in [6, 6.07) is 8.13. The van der Waals surface area contributed by atoms with E-state index in [1.165, 1.54) is 18.4 Å². The Morgan fingerprint density at radius 3 is 2.77 bits per heavy atom. The highest BCUT2D eigenvalue weighted by molar-refractivity contribution is 5.94. The van der Waals surface area contributed by atoms with Gasteiger partial charge in [0.1, 0.15) is 17.8 Å². The highest BCUT2D eigenvalue weighted by Gasteiger charge is 2.17. The van der Waals surface area contributed by atoms with Gasteiger partial charge in [0.25, 0.3) is 5.91 Å². The monoisotopic (exact) mass is 304 g/mol. The molecule has 1 amide bonds. The third-order valence-corrected chi connectivity index (χ3v) is 3.44. The lowest BCUT2D eigenvalue weighted by Gasteiger charge is -2.21. The fraction of sp³-hybridized carbons (Fsp3) is 0.353. The first-order valence-corrected chi connectivity index (χ1v) is 7.45. The summed E-state index contributed by atoms with van der Waals surface area (Å²) < 4.78 is 18.4. The SMILES string of the molecule is CCCN(CCc1cccc(F)c1)C(=O)c1coc(CN)c1. The molecule has 118 valence electrons. The molecule has 1 aromatic heterocycles. The molecule has 0 saturated heterocycles. The van der Waals surface area contributed by atoms with Gasteiger partial charge >= 0.3 is 0 Å². The molecule has 0 atom stereocenters. The van der Waals surface area contributed by atoms with Crippen molar-refractivity contribution in [3.8, 4) is 0 Å². The minimum Gasteiger partial charge on any atom is -0.467 e. The van der Waals surface area contributed by atoms with E-state index in [9.17, 15) is 9.18 Å². The Balaban J connectivity index is 2.03. The van der Waals surface area contributed by atoms with Crippen molar-refractivity contribution < 1.29 is 13.6 Å². The van der Waals surface area contributed by atoms with Gasteiger partial charge in [-0.1, -0.05) is 19.1 Å². The van der Waals surface area contributed by atoms with E-state index in [4.69, 9.17) is 10.2 Å². The van der Waals surface area contributed by atoms with Gasteiger partial charge in [-0.3, -0.25) is 4.79 Å². The highest BCUT2D eigenvalue weighted by atomic mass is 19.1. The third-order valence-electron chi connectivity index (χ3n) is 3.44. The Kier molecular flexibility index (Phi) is 5.72. The van der Waals surface area contributed by atoms with Crippen LogP contribution in [0.1, 0.15) is 35.0 Å². The molecule has 5 heteroatoms. The summed E-state index contributed by atoms with van der Waals surface area (Å²) in [5, 5.41) is 0. The topological polar surface area (TPSA) is 59.5 Å². The first-order chi connectivity index (χ1) is 10.6. The number of furan rings is 1. The number of hydrogen-bond acceptors (Lipinski definition) is 3. The summed E-state index contributed by atoms with van der Waals surface area (Å²) >= 11 is 0. The van der Waals surface area contributed by atoms with E-state index < -0.39 is 0 Å². The van der Waals surface area contributed by atoms with Crippen LogP contribution in [0.25, 0.3) is 0 Å². The van der Waals surface area contributed by atoms with Crippen molar-refractivity contribution in [1.82, 2.24) is 4.90 Å². The first-order valence-electron chi connectivity index (χ1n) is 7.45. The summed E-state index contributed by atoms with van der Waals surface area (Å²) in [5.74, 6) is 0.250. The number of rotatable bonds is 7. The van der Waals surface area contributed by atoms with E-state index in [2.05, 4.69) is 0 Å². The van der Waals surface area contributed by atoms with Crippen LogP contribution in [-0.4, -0.2) is 23.9 Å². The molecule has 4 nitrogen and oxygen atoms in total. The number of carbonyl (C=O) groups is 1. The molecule has 0 unspecified atom stereocenters. The van der Waals surface area contributed by atoms with E-state index in [0.29, 0.717) is 30.8 Å². The van der Waals surface area contributed by atoms with Crippen LogP contribution in [0.15, 0.2) is 41.0 Å². The van der Waals surface area contributed by atoms with Gasteiger partial charge in [-0.25, -0.2) is 4.39 Å². The second-order valence-electron chi connectivity index (χ2n) is 5.18. The average molecular weight is 304 g/mol. The van der Waals surface area contributed by atoms with Crippen molar-refractivity contribution in [2.24, 2.45) is 5.73 Å². The fourth-order valence-corrected chi connectivity index (χ4v) is 2.32. The summed E-state index contributed by atoms with van der Waals surface area (Å²) in [7, 11) is 0. The normalized spacial score (nSPS) is 10.7. The van der Waals surface area contributed by atoms with Crippen molar-refractivity contribution in [2.75, 3.05) is 13.1 Å². The second-order valence-corrected chi connectivity index (χ2v) is 5.18. The van der Waals surface area contributed by atoms with Crippen LogP contribution < -0.4 is 5.73 Å². The van der Waals surface area contributed by atoms with E-state index in [1.807, 2.05) is 13.0 Å². The number of amides is 1. The van der Waals surface area contributed by atoms with Crippen molar-refractivity contribution in [1.29, 1.82) is 0 Å². The molecule has 1 aromatic carbocycles. The molecule has 0 aliphatic heterocycles. The molecule has 0 bridgehead atoms. The van der Waals surface area contributed by atoms with Crippen molar-refractivity contribution in [2.45, 2.75) is 26.3 Å². The molecule has 22 heavy (non-hydrogen) atoms. The van der Waals surface area contributed by atoms with E-state index in [-0.39, 0.29) is 18.3 Å². The zero-order chi connectivity index (χ0) is 15.9. The van der Waals surface area contributed by atoms with Gasteiger partial charge in [-0.05, 0) is 36.6 Å². The second kappa shape index (κ2) is 7.75. The van der Waals surface area contributed by atoms with E-state index >= 15 is 0 Å². The number of carbonyl (C=O) groups excluding carboxylic acids is 1. The Hall–Kier alpha value is -2.14. The third kappa shape index (κ3) is 4.18. The molecule has 0 saturated carbocycles. The predicted octanol–water partition coefficient (Wildman–Crippen LogP) is 2.97. The largest absolute Gasteiger partial charge is 0.467 e. The Morgan fingerprint density at radius 1 is 1.32 bits per heavy atom. The predicted molar refractivity (Wildman–Crippen MR) is 82.9 cm³/mol. The fourth-order valence-electron chi connectivity index (χ4n) is 2.32. The molecule has 0 spiro atoms. The highest BCUT2D eigenvalue weighted by Crippen LogP contribution is 2.12. The molecule has 2 aromatic rings. The quantitative estimate of drug-likeness (QED) is 0.855. The molecule has 0 radical (unpaired) electrons. The molecular weight excluding hydrogens is 283 g/mol. The average Bonchev–Trinajstić information content (AvgIpc) is 3.00. The van der Waals surface area contributed by atoms with Gasteiger partial charge in [0.05, 0.1) is 12.1 Å². The molecule has 2 N–H and O–H groups in total. The van der Waals surface area contributed by atoms with Crippen molar-refractivity contribution in [3.63, 3.8) is 0 Å². The van der Waals surface area contributed by atoms with Gasteiger partial charge in [0.15, 0.2) is 0 Å². The standard InChI is InChI=1S/C17H21FN2O2/c1-2-7-20(8-6-13-4-3-5-15(18)9-13)17(21)14-10-16(11-19)22-12-14/h3-5,9-10,12H,2,6-8,11,19H2,1H3. The number of benzene rings is 1. The lowest BCUT2D eigenvalue weighted by molar-refractivity contribution is 0.0756. The molecule has 2 rings (SSSR count). The summed E-state index contributed by atoms with van der Waals surface area (Å²) in [6.45, 7) is 3.48. The lowest BCUT2D eigenvalue weighted by atomic mass is 10.1. The van der Waals surface area contributed by atoms with Crippen LogP contribution in [0, 0.1) is 5.82 Å². The number of nitrogens with zero attached hydrogens (tertiary/aromatic N) is 1. The van der Waals surface area contributed by atoms with Crippen LogP contribution in [0.3, 0.4) is 0 Å². The smallest absolute Gasteiger partial charge is 0.257 e.